The maximum Gasteiger partial charge on any atom is 0.332 e. The van der Waals surface area contributed by atoms with Crippen molar-refractivity contribution in [2.24, 2.45) is 23.7 Å². The van der Waals surface area contributed by atoms with Gasteiger partial charge in [-0.05, 0) is 62.7 Å². The molecule has 19 heavy (non-hydrogen) atoms. The lowest BCUT2D eigenvalue weighted by molar-refractivity contribution is -0.202. The molecule has 4 rings (SSSR count). The zero-order valence-corrected chi connectivity index (χ0v) is 11.6. The molecule has 4 fully saturated rings. The van der Waals surface area contributed by atoms with Crippen LogP contribution in [0.1, 0.15) is 39.0 Å². The first kappa shape index (κ1) is 13.4. The second-order valence-corrected chi connectivity index (χ2v) is 6.72. The molecule has 4 aliphatic rings. The highest BCUT2D eigenvalue weighted by molar-refractivity contribution is 5.70. The van der Waals surface area contributed by atoms with Crippen LogP contribution in [0.5, 0.6) is 0 Å². The molecule has 0 saturated heterocycles. The van der Waals surface area contributed by atoms with Crippen LogP contribution in [0.4, 0.5) is 0 Å². The van der Waals surface area contributed by atoms with Gasteiger partial charge in [0.2, 0.25) is 0 Å². The Labute approximate surface area is 114 Å². The Morgan fingerprint density at radius 3 is 2.26 bits per heavy atom. The van der Waals surface area contributed by atoms with Gasteiger partial charge in [-0.3, -0.25) is 0 Å². The SMILES string of the molecule is CC1(OCC(=O)OCCO)C2CC3CC(C2)CC1C3. The van der Waals surface area contributed by atoms with Crippen molar-refractivity contribution < 1.29 is 19.4 Å². The van der Waals surface area contributed by atoms with Gasteiger partial charge in [0.1, 0.15) is 13.2 Å². The van der Waals surface area contributed by atoms with Crippen LogP contribution in [0.15, 0.2) is 0 Å². The lowest BCUT2D eigenvalue weighted by Gasteiger charge is -2.59. The number of ether oxygens (including phenoxy) is 2. The minimum absolute atomic E-state index is 0.0266. The van der Waals surface area contributed by atoms with Crippen LogP contribution in [-0.2, 0) is 14.3 Å². The molecule has 1 N–H and O–H groups in total. The van der Waals surface area contributed by atoms with Gasteiger partial charge >= 0.3 is 5.97 Å². The topological polar surface area (TPSA) is 55.8 Å². The van der Waals surface area contributed by atoms with Crippen molar-refractivity contribution in [1.29, 1.82) is 0 Å². The summed E-state index contributed by atoms with van der Waals surface area (Å²) in [7, 11) is 0. The maximum atomic E-state index is 11.5. The van der Waals surface area contributed by atoms with Crippen molar-refractivity contribution in [2.45, 2.75) is 44.6 Å². The molecule has 0 aromatic carbocycles. The summed E-state index contributed by atoms with van der Waals surface area (Å²) in [6.45, 7) is 2.16. The summed E-state index contributed by atoms with van der Waals surface area (Å²) < 4.78 is 10.9. The number of carbonyl (C=O) groups is 1. The number of aliphatic hydroxyl groups excluding tert-OH is 1. The molecule has 0 atom stereocenters. The highest BCUT2D eigenvalue weighted by atomic mass is 16.6. The van der Waals surface area contributed by atoms with Gasteiger partial charge in [0.15, 0.2) is 0 Å². The molecule has 4 bridgehead atoms. The van der Waals surface area contributed by atoms with E-state index in [1.165, 1.54) is 32.1 Å². The van der Waals surface area contributed by atoms with Crippen LogP contribution in [0.25, 0.3) is 0 Å². The third-order valence-electron chi connectivity index (χ3n) is 5.61. The number of rotatable bonds is 5. The number of aliphatic hydroxyl groups is 1. The van der Waals surface area contributed by atoms with E-state index in [0.29, 0.717) is 11.8 Å². The molecular formula is C15H24O4. The van der Waals surface area contributed by atoms with Gasteiger partial charge < -0.3 is 14.6 Å². The molecule has 0 aromatic rings. The van der Waals surface area contributed by atoms with Gasteiger partial charge in [-0.15, -0.1) is 0 Å². The highest BCUT2D eigenvalue weighted by Crippen LogP contribution is 2.59. The summed E-state index contributed by atoms with van der Waals surface area (Å²) >= 11 is 0. The standard InChI is InChI=1S/C15H24O4/c1-15(19-9-14(17)18-3-2-16)12-5-10-4-11(7-12)8-13(15)6-10/h10-13,16H,2-9H2,1H3. The number of carbonyl (C=O) groups excluding carboxylic acids is 1. The number of hydrogen-bond acceptors (Lipinski definition) is 4. The Kier molecular flexibility index (Phi) is 3.56. The third kappa shape index (κ3) is 2.40. The molecular weight excluding hydrogens is 244 g/mol. The summed E-state index contributed by atoms with van der Waals surface area (Å²) in [5.74, 6) is 2.69. The van der Waals surface area contributed by atoms with Crippen molar-refractivity contribution in [3.8, 4) is 0 Å². The molecule has 4 saturated carbocycles. The molecule has 0 spiro atoms. The van der Waals surface area contributed by atoms with E-state index >= 15 is 0 Å². The second-order valence-electron chi connectivity index (χ2n) is 6.72. The van der Waals surface area contributed by atoms with Crippen molar-refractivity contribution in [3.05, 3.63) is 0 Å². The maximum absolute atomic E-state index is 11.5. The summed E-state index contributed by atoms with van der Waals surface area (Å²) in [5.41, 5.74) is -0.133. The van der Waals surface area contributed by atoms with Gasteiger partial charge in [-0.25, -0.2) is 4.79 Å². The zero-order valence-electron chi connectivity index (χ0n) is 11.6. The summed E-state index contributed by atoms with van der Waals surface area (Å²) in [6.07, 6.45) is 6.51. The van der Waals surface area contributed by atoms with Gasteiger partial charge in [-0.2, -0.15) is 0 Å². The fourth-order valence-electron chi connectivity index (χ4n) is 4.77. The number of hydrogen-bond donors (Lipinski definition) is 1. The van der Waals surface area contributed by atoms with Crippen molar-refractivity contribution in [1.82, 2.24) is 0 Å². The normalized spacial score (nSPS) is 43.5. The molecule has 4 nitrogen and oxygen atoms in total. The Bertz CT molecular complexity index is 324. The first-order valence-corrected chi connectivity index (χ1v) is 7.52. The van der Waals surface area contributed by atoms with Gasteiger partial charge in [-0.1, -0.05) is 0 Å². The largest absolute Gasteiger partial charge is 0.462 e. The molecule has 0 aromatic heterocycles. The van der Waals surface area contributed by atoms with E-state index < -0.39 is 0 Å². The summed E-state index contributed by atoms with van der Waals surface area (Å²) in [6, 6.07) is 0. The third-order valence-corrected chi connectivity index (χ3v) is 5.61. The van der Waals surface area contributed by atoms with Crippen LogP contribution < -0.4 is 0 Å². The van der Waals surface area contributed by atoms with Crippen LogP contribution >= 0.6 is 0 Å². The fraction of sp³-hybridized carbons (Fsp3) is 0.933. The summed E-state index contributed by atoms with van der Waals surface area (Å²) in [5, 5.41) is 8.63. The molecule has 0 unspecified atom stereocenters. The second kappa shape index (κ2) is 5.06. The Morgan fingerprint density at radius 2 is 1.74 bits per heavy atom. The van der Waals surface area contributed by atoms with E-state index in [1.807, 2.05) is 0 Å². The van der Waals surface area contributed by atoms with Crippen LogP contribution in [0.2, 0.25) is 0 Å². The monoisotopic (exact) mass is 268 g/mol. The van der Waals surface area contributed by atoms with Crippen molar-refractivity contribution in [3.63, 3.8) is 0 Å². The first-order valence-electron chi connectivity index (χ1n) is 7.52. The van der Waals surface area contributed by atoms with E-state index in [9.17, 15) is 4.79 Å². The number of esters is 1. The Hall–Kier alpha value is -0.610. The van der Waals surface area contributed by atoms with Gasteiger partial charge in [0.05, 0.1) is 12.2 Å². The minimum atomic E-state index is -0.357. The van der Waals surface area contributed by atoms with E-state index in [4.69, 9.17) is 14.6 Å². The molecule has 0 heterocycles. The average molecular weight is 268 g/mol. The van der Waals surface area contributed by atoms with Crippen LogP contribution in [0, 0.1) is 23.7 Å². The highest BCUT2D eigenvalue weighted by Gasteiger charge is 2.55. The molecule has 4 heteroatoms. The van der Waals surface area contributed by atoms with Gasteiger partial charge in [0, 0.05) is 0 Å². The quantitative estimate of drug-likeness (QED) is 0.772. The predicted molar refractivity (Wildman–Crippen MR) is 69.4 cm³/mol. The molecule has 0 radical (unpaired) electrons. The zero-order chi connectivity index (χ0) is 13.5. The van der Waals surface area contributed by atoms with E-state index in [-0.39, 0.29) is 31.4 Å². The lowest BCUT2D eigenvalue weighted by atomic mass is 9.50. The predicted octanol–water partition coefficient (Wildman–Crippen LogP) is 1.75. The molecule has 0 aliphatic heterocycles. The lowest BCUT2D eigenvalue weighted by Crippen LogP contribution is -2.57. The van der Waals surface area contributed by atoms with Crippen LogP contribution in [0.3, 0.4) is 0 Å². The van der Waals surface area contributed by atoms with E-state index in [1.54, 1.807) is 0 Å². The molecule has 108 valence electrons. The Balaban J connectivity index is 1.59. The van der Waals surface area contributed by atoms with Crippen molar-refractivity contribution in [2.75, 3.05) is 19.8 Å². The summed E-state index contributed by atoms with van der Waals surface area (Å²) in [4.78, 5) is 11.5. The smallest absolute Gasteiger partial charge is 0.332 e. The van der Waals surface area contributed by atoms with E-state index in [2.05, 4.69) is 6.92 Å². The van der Waals surface area contributed by atoms with Crippen LogP contribution in [-0.4, -0.2) is 36.5 Å². The molecule has 0 amide bonds. The fourth-order valence-corrected chi connectivity index (χ4v) is 4.77. The average Bonchev–Trinajstić information content (AvgIpc) is 2.39. The van der Waals surface area contributed by atoms with Gasteiger partial charge in [0.25, 0.3) is 0 Å². The first-order chi connectivity index (χ1) is 9.11. The van der Waals surface area contributed by atoms with E-state index in [0.717, 1.165) is 11.8 Å². The molecule has 4 aliphatic carbocycles. The Morgan fingerprint density at radius 1 is 1.16 bits per heavy atom. The minimum Gasteiger partial charge on any atom is -0.462 e. The van der Waals surface area contributed by atoms with Crippen molar-refractivity contribution >= 4 is 5.97 Å².